The zero-order chi connectivity index (χ0) is 15.9. The minimum absolute atomic E-state index is 0.0708. The van der Waals surface area contributed by atoms with E-state index >= 15 is 0 Å². The average Bonchev–Trinajstić information content (AvgIpc) is 2.45. The molecule has 0 saturated heterocycles. The number of hydrogen-bond donors (Lipinski definition) is 0. The van der Waals surface area contributed by atoms with Crippen molar-refractivity contribution >= 4 is 11.5 Å². The number of rotatable bonds is 1. The first-order valence-corrected chi connectivity index (χ1v) is 7.54. The van der Waals surface area contributed by atoms with Gasteiger partial charge in [0.05, 0.1) is 12.0 Å². The Balaban J connectivity index is 2.18. The van der Waals surface area contributed by atoms with Crippen LogP contribution in [0.15, 0.2) is 40.8 Å². The number of carbonyl (C=O) groups is 1. The standard InChI is InChI=1S/C18H19N3O/c1-11-13(9-19)16(12-5-4-6-20-10-12)17-14(21-11)7-18(2,3)8-15(17)22/h4-6,10,13,16H,7-8H2,1-3H3/t13?,16-/m1/s1. The summed E-state index contributed by atoms with van der Waals surface area (Å²) >= 11 is 0. The number of Topliss-reactive ketones (excluding diaryl/α,β-unsaturated/α-hetero) is 1. The van der Waals surface area contributed by atoms with Crippen molar-refractivity contribution < 1.29 is 4.79 Å². The van der Waals surface area contributed by atoms with Crippen LogP contribution in [0.2, 0.25) is 0 Å². The van der Waals surface area contributed by atoms with Crippen molar-refractivity contribution in [3.63, 3.8) is 0 Å². The molecule has 0 N–H and O–H groups in total. The molecule has 22 heavy (non-hydrogen) atoms. The average molecular weight is 293 g/mol. The molecule has 4 nitrogen and oxygen atoms in total. The van der Waals surface area contributed by atoms with Crippen LogP contribution >= 0.6 is 0 Å². The highest BCUT2D eigenvalue weighted by Gasteiger charge is 2.43. The predicted octanol–water partition coefficient (Wildman–Crippen LogP) is 3.42. The Morgan fingerprint density at radius 2 is 2.14 bits per heavy atom. The summed E-state index contributed by atoms with van der Waals surface area (Å²) in [6, 6.07) is 6.12. The van der Waals surface area contributed by atoms with Gasteiger partial charge >= 0.3 is 0 Å². The topological polar surface area (TPSA) is 66.1 Å². The van der Waals surface area contributed by atoms with E-state index in [0.29, 0.717) is 6.42 Å². The van der Waals surface area contributed by atoms with Gasteiger partial charge in [-0.05, 0) is 30.4 Å². The number of nitriles is 1. The highest BCUT2D eigenvalue weighted by atomic mass is 16.1. The van der Waals surface area contributed by atoms with E-state index in [9.17, 15) is 10.1 Å². The molecule has 4 heteroatoms. The molecule has 112 valence electrons. The van der Waals surface area contributed by atoms with Gasteiger partial charge in [0.2, 0.25) is 0 Å². The quantitative estimate of drug-likeness (QED) is 0.796. The third-order valence-electron chi connectivity index (χ3n) is 4.48. The van der Waals surface area contributed by atoms with E-state index in [1.165, 1.54) is 0 Å². The van der Waals surface area contributed by atoms with Crippen LogP contribution in [-0.2, 0) is 4.79 Å². The number of hydrogen-bond acceptors (Lipinski definition) is 4. The van der Waals surface area contributed by atoms with E-state index in [-0.39, 0.29) is 17.1 Å². The second kappa shape index (κ2) is 5.17. The van der Waals surface area contributed by atoms with Crippen molar-refractivity contribution in [1.82, 2.24) is 4.98 Å². The van der Waals surface area contributed by atoms with Crippen LogP contribution in [0.4, 0.5) is 0 Å². The van der Waals surface area contributed by atoms with Gasteiger partial charge in [0.15, 0.2) is 5.78 Å². The second-order valence-corrected chi connectivity index (χ2v) is 6.93. The summed E-state index contributed by atoms with van der Waals surface area (Å²) in [5, 5.41) is 9.59. The van der Waals surface area contributed by atoms with Crippen molar-refractivity contribution in [1.29, 1.82) is 5.26 Å². The lowest BCUT2D eigenvalue weighted by atomic mass is 9.67. The summed E-state index contributed by atoms with van der Waals surface area (Å²) in [4.78, 5) is 21.5. The van der Waals surface area contributed by atoms with Gasteiger partial charge in [-0.15, -0.1) is 0 Å². The Kier molecular flexibility index (Phi) is 3.44. The Labute approximate surface area is 130 Å². The molecule has 2 aliphatic rings. The first kappa shape index (κ1) is 14.6. The van der Waals surface area contributed by atoms with Gasteiger partial charge in [0.25, 0.3) is 0 Å². The largest absolute Gasteiger partial charge is 0.294 e. The lowest BCUT2D eigenvalue weighted by Crippen LogP contribution is -2.35. The van der Waals surface area contributed by atoms with E-state index < -0.39 is 5.92 Å². The van der Waals surface area contributed by atoms with Crippen LogP contribution in [0.3, 0.4) is 0 Å². The fourth-order valence-electron chi connectivity index (χ4n) is 3.53. The van der Waals surface area contributed by atoms with E-state index in [0.717, 1.165) is 29.0 Å². The van der Waals surface area contributed by atoms with Crippen molar-refractivity contribution in [2.45, 2.75) is 39.5 Å². The summed E-state index contributed by atoms with van der Waals surface area (Å²) in [6.45, 7) is 6.07. The Bertz CT molecular complexity index is 722. The lowest BCUT2D eigenvalue weighted by molar-refractivity contribution is -0.118. The minimum Gasteiger partial charge on any atom is -0.294 e. The van der Waals surface area contributed by atoms with Crippen LogP contribution in [0.25, 0.3) is 0 Å². The number of pyridine rings is 1. The smallest absolute Gasteiger partial charge is 0.161 e. The molecular weight excluding hydrogens is 274 g/mol. The van der Waals surface area contributed by atoms with E-state index in [2.05, 4.69) is 29.9 Å². The van der Waals surface area contributed by atoms with E-state index in [1.54, 1.807) is 12.4 Å². The molecule has 0 fully saturated rings. The third-order valence-corrected chi connectivity index (χ3v) is 4.48. The number of aromatic nitrogens is 1. The molecule has 0 spiro atoms. The molecule has 0 radical (unpaired) electrons. The van der Waals surface area contributed by atoms with Gasteiger partial charge in [0.1, 0.15) is 0 Å². The molecule has 3 rings (SSSR count). The summed E-state index contributed by atoms with van der Waals surface area (Å²) < 4.78 is 0. The summed E-state index contributed by atoms with van der Waals surface area (Å²) in [5.74, 6) is -0.514. The third kappa shape index (κ3) is 2.37. The van der Waals surface area contributed by atoms with Crippen LogP contribution in [0, 0.1) is 22.7 Å². The molecular formula is C18H19N3O. The molecule has 0 saturated carbocycles. The monoisotopic (exact) mass is 293 g/mol. The summed E-state index contributed by atoms with van der Waals surface area (Å²) in [6.07, 6.45) is 4.75. The maximum Gasteiger partial charge on any atom is 0.161 e. The molecule has 1 aliphatic heterocycles. The molecule has 1 unspecified atom stereocenters. The van der Waals surface area contributed by atoms with Crippen molar-refractivity contribution in [3.05, 3.63) is 41.4 Å². The maximum atomic E-state index is 12.7. The lowest BCUT2D eigenvalue weighted by Gasteiger charge is -2.37. The predicted molar refractivity (Wildman–Crippen MR) is 84.2 cm³/mol. The SMILES string of the molecule is CC1=NC2=C(C(=O)CC(C)(C)C2)[C@H](c2cccnc2)C1C#N. The number of nitrogens with zero attached hydrogens (tertiary/aromatic N) is 3. The van der Waals surface area contributed by atoms with Crippen LogP contribution in [0.5, 0.6) is 0 Å². The van der Waals surface area contributed by atoms with Crippen molar-refractivity contribution in [2.75, 3.05) is 0 Å². The maximum absolute atomic E-state index is 12.7. The fraction of sp³-hybridized carbons (Fsp3) is 0.444. The van der Waals surface area contributed by atoms with Crippen LogP contribution < -0.4 is 0 Å². The number of aliphatic imine (C=N–C) groups is 1. The normalized spacial score (nSPS) is 27.0. The highest BCUT2D eigenvalue weighted by Crippen LogP contribution is 2.47. The number of carbonyl (C=O) groups excluding carboxylic acids is 1. The van der Waals surface area contributed by atoms with Crippen molar-refractivity contribution in [3.8, 4) is 6.07 Å². The minimum atomic E-state index is -0.395. The summed E-state index contributed by atoms with van der Waals surface area (Å²) in [5.41, 5.74) is 3.23. The van der Waals surface area contributed by atoms with Crippen LogP contribution in [-0.4, -0.2) is 16.5 Å². The molecule has 1 aliphatic carbocycles. The first-order chi connectivity index (χ1) is 10.4. The molecule has 1 aromatic heterocycles. The molecule has 1 aromatic rings. The van der Waals surface area contributed by atoms with Crippen molar-refractivity contribution in [2.24, 2.45) is 16.3 Å². The number of ketones is 1. The molecule has 0 bridgehead atoms. The first-order valence-electron chi connectivity index (χ1n) is 7.54. The summed E-state index contributed by atoms with van der Waals surface area (Å²) in [7, 11) is 0. The zero-order valence-corrected chi connectivity index (χ0v) is 13.1. The van der Waals surface area contributed by atoms with Gasteiger partial charge < -0.3 is 0 Å². The van der Waals surface area contributed by atoms with Gasteiger partial charge in [-0.3, -0.25) is 14.8 Å². The van der Waals surface area contributed by atoms with Gasteiger partial charge in [-0.2, -0.15) is 5.26 Å². The Morgan fingerprint density at radius 1 is 1.36 bits per heavy atom. The fourth-order valence-corrected chi connectivity index (χ4v) is 3.53. The number of allylic oxidation sites excluding steroid dienone is 2. The van der Waals surface area contributed by atoms with Gasteiger partial charge in [-0.25, -0.2) is 0 Å². The van der Waals surface area contributed by atoms with E-state index in [1.807, 2.05) is 19.1 Å². The molecule has 0 aromatic carbocycles. The molecule has 2 atom stereocenters. The molecule has 2 heterocycles. The Morgan fingerprint density at radius 3 is 2.77 bits per heavy atom. The second-order valence-electron chi connectivity index (χ2n) is 6.93. The highest BCUT2D eigenvalue weighted by molar-refractivity contribution is 6.03. The van der Waals surface area contributed by atoms with E-state index in [4.69, 9.17) is 0 Å². The van der Waals surface area contributed by atoms with Gasteiger partial charge in [0, 0.05) is 41.7 Å². The van der Waals surface area contributed by atoms with Crippen LogP contribution in [0.1, 0.15) is 45.1 Å². The van der Waals surface area contributed by atoms with Gasteiger partial charge in [-0.1, -0.05) is 19.9 Å². The molecule has 0 amide bonds. The Hall–Kier alpha value is -2.28. The zero-order valence-electron chi connectivity index (χ0n) is 13.1.